The van der Waals surface area contributed by atoms with Crippen LogP contribution in [0.15, 0.2) is 72.8 Å². The molecule has 0 aliphatic rings. The SMILES string of the molecule is CN(C)c1ccc(P(C(C)(C)C)C(C)(C)C)cc1.Cl.Nc1ccccc1-c1[c]cccc1.[Pd]. The molecule has 2 N–H and O–H groups in total. The van der Waals surface area contributed by atoms with E-state index in [9.17, 15) is 0 Å². The molecule has 0 atom stereocenters. The minimum Gasteiger partial charge on any atom is -0.398 e. The fraction of sp³-hybridized carbons (Fsp3) is 0.357. The van der Waals surface area contributed by atoms with Crippen LogP contribution in [0.4, 0.5) is 11.4 Å². The topological polar surface area (TPSA) is 29.3 Å². The number of para-hydroxylation sites is 1. The maximum absolute atomic E-state index is 5.83. The normalized spacial score (nSPS) is 10.9. The fourth-order valence-corrected chi connectivity index (χ4v) is 7.99. The number of hydrogen-bond acceptors (Lipinski definition) is 2. The smallest absolute Gasteiger partial charge is 0.0393 e. The number of hydrogen-bond donors (Lipinski definition) is 1. The molecule has 0 aromatic heterocycles. The Bertz CT molecular complexity index is 932. The summed E-state index contributed by atoms with van der Waals surface area (Å²) in [6.45, 7) is 14.2. The van der Waals surface area contributed by atoms with Crippen LogP contribution in [0.2, 0.25) is 0 Å². The van der Waals surface area contributed by atoms with E-state index in [1.165, 1.54) is 11.0 Å². The molecule has 3 aromatic carbocycles. The number of halogens is 1. The second-order valence-electron chi connectivity index (χ2n) is 9.95. The minimum absolute atomic E-state index is 0. The Hall–Kier alpha value is -1.36. The zero-order valence-corrected chi connectivity index (χ0v) is 24.4. The zero-order valence-electron chi connectivity index (χ0n) is 21.1. The molecule has 183 valence electrons. The predicted octanol–water partition coefficient (Wildman–Crippen LogP) is 7.61. The van der Waals surface area contributed by atoms with Crippen molar-refractivity contribution in [2.45, 2.75) is 51.9 Å². The van der Waals surface area contributed by atoms with Gasteiger partial charge in [-0.15, -0.1) is 12.4 Å². The monoisotopic (exact) mass is 575 g/mol. The molecule has 1 radical (unpaired) electrons. The standard InChI is InChI=1S/C16H28NP.C12H10N.ClH.Pd/c1-15(2,3)18(16(4,5)6)14-11-9-13(10-12-14)17(7)8;13-12-9-5-4-8-11(12)10-6-2-1-3-7-10;;/h9-12H,1-8H3;1-6,8-9H,13H2;1H;. The molecular formula is C28H39ClN2PPd. The summed E-state index contributed by atoms with van der Waals surface area (Å²) in [6, 6.07) is 27.9. The van der Waals surface area contributed by atoms with Crippen molar-refractivity contribution in [3.05, 3.63) is 78.9 Å². The fourth-order valence-electron chi connectivity index (χ4n) is 3.98. The number of nitrogen functional groups attached to an aromatic ring is 1. The molecule has 0 saturated carbocycles. The third-order valence-corrected chi connectivity index (χ3v) is 8.42. The van der Waals surface area contributed by atoms with Crippen molar-refractivity contribution in [1.29, 1.82) is 0 Å². The Morgan fingerprint density at radius 3 is 1.70 bits per heavy atom. The van der Waals surface area contributed by atoms with Crippen LogP contribution in [0.25, 0.3) is 11.1 Å². The molecule has 0 fully saturated rings. The van der Waals surface area contributed by atoms with Crippen LogP contribution in [0.5, 0.6) is 0 Å². The zero-order chi connectivity index (χ0) is 23.2. The minimum atomic E-state index is -0.188. The van der Waals surface area contributed by atoms with Gasteiger partial charge in [0.15, 0.2) is 0 Å². The van der Waals surface area contributed by atoms with Crippen molar-refractivity contribution in [1.82, 2.24) is 0 Å². The van der Waals surface area contributed by atoms with Gasteiger partial charge in [0.2, 0.25) is 0 Å². The summed E-state index contributed by atoms with van der Waals surface area (Å²) in [5.74, 6) is 0. The van der Waals surface area contributed by atoms with Crippen LogP contribution in [-0.4, -0.2) is 24.4 Å². The van der Waals surface area contributed by atoms with Gasteiger partial charge in [0.25, 0.3) is 0 Å². The first-order valence-corrected chi connectivity index (χ1v) is 12.1. The van der Waals surface area contributed by atoms with Crippen molar-refractivity contribution in [3.8, 4) is 11.1 Å². The van der Waals surface area contributed by atoms with Crippen LogP contribution in [0.3, 0.4) is 0 Å². The number of nitrogens with zero attached hydrogens (tertiary/aromatic N) is 1. The van der Waals surface area contributed by atoms with Gasteiger partial charge in [-0.25, -0.2) is 0 Å². The molecule has 0 unspecified atom stereocenters. The Labute approximate surface area is 223 Å². The molecule has 0 spiro atoms. The average Bonchev–Trinajstić information content (AvgIpc) is 2.68. The van der Waals surface area contributed by atoms with Crippen LogP contribution in [0, 0.1) is 6.07 Å². The summed E-state index contributed by atoms with van der Waals surface area (Å²) in [4.78, 5) is 2.15. The summed E-state index contributed by atoms with van der Waals surface area (Å²) in [6.07, 6.45) is 0. The third kappa shape index (κ3) is 9.43. The van der Waals surface area contributed by atoms with Crippen molar-refractivity contribution < 1.29 is 20.4 Å². The maximum Gasteiger partial charge on any atom is 0.0393 e. The van der Waals surface area contributed by atoms with Gasteiger partial charge in [0.1, 0.15) is 0 Å². The molecule has 0 amide bonds. The predicted molar refractivity (Wildman–Crippen MR) is 149 cm³/mol. The number of benzene rings is 3. The summed E-state index contributed by atoms with van der Waals surface area (Å²) >= 11 is 0. The quantitative estimate of drug-likeness (QED) is 0.198. The van der Waals surface area contributed by atoms with Gasteiger partial charge in [0, 0.05) is 51.5 Å². The Balaban J connectivity index is 0.000000608. The number of rotatable bonds is 3. The van der Waals surface area contributed by atoms with Crippen LogP contribution in [0.1, 0.15) is 41.5 Å². The van der Waals surface area contributed by atoms with Crippen LogP contribution >= 0.6 is 20.3 Å². The molecule has 0 heterocycles. The van der Waals surface area contributed by atoms with Gasteiger partial charge in [-0.3, -0.25) is 0 Å². The number of nitrogens with two attached hydrogens (primary N) is 1. The van der Waals surface area contributed by atoms with Gasteiger partial charge < -0.3 is 10.6 Å². The van der Waals surface area contributed by atoms with Crippen LogP contribution in [-0.2, 0) is 20.4 Å². The molecular weight excluding hydrogens is 537 g/mol. The van der Waals surface area contributed by atoms with Gasteiger partial charge in [-0.05, 0) is 45.4 Å². The van der Waals surface area contributed by atoms with Crippen LogP contribution < -0.4 is 15.9 Å². The van der Waals surface area contributed by atoms with Gasteiger partial charge in [0.05, 0.1) is 0 Å². The summed E-state index contributed by atoms with van der Waals surface area (Å²) < 4.78 is 0. The molecule has 0 aliphatic carbocycles. The first-order chi connectivity index (χ1) is 14.4. The molecule has 0 aliphatic heterocycles. The van der Waals surface area contributed by atoms with Crippen molar-refractivity contribution in [2.24, 2.45) is 0 Å². The van der Waals surface area contributed by atoms with Gasteiger partial charge >= 0.3 is 0 Å². The Morgan fingerprint density at radius 2 is 1.27 bits per heavy atom. The van der Waals surface area contributed by atoms with E-state index in [1.807, 2.05) is 48.5 Å². The molecule has 2 nitrogen and oxygen atoms in total. The van der Waals surface area contributed by atoms with E-state index >= 15 is 0 Å². The first-order valence-electron chi connectivity index (χ1n) is 10.8. The summed E-state index contributed by atoms with van der Waals surface area (Å²) in [7, 11) is 3.99. The molecule has 3 rings (SSSR count). The van der Waals surface area contributed by atoms with Crippen molar-refractivity contribution in [2.75, 3.05) is 24.7 Å². The Kier molecular flexibility index (Phi) is 13.0. The van der Waals surface area contributed by atoms with E-state index in [2.05, 4.69) is 90.9 Å². The second-order valence-corrected chi connectivity index (χ2v) is 13.8. The molecule has 0 bridgehead atoms. The maximum atomic E-state index is 5.83. The van der Waals surface area contributed by atoms with E-state index in [-0.39, 0.29) is 40.8 Å². The van der Waals surface area contributed by atoms with E-state index in [0.717, 1.165) is 16.8 Å². The summed E-state index contributed by atoms with van der Waals surface area (Å²) in [5.41, 5.74) is 9.99. The van der Waals surface area contributed by atoms with Crippen molar-refractivity contribution in [3.63, 3.8) is 0 Å². The van der Waals surface area contributed by atoms with E-state index < -0.39 is 0 Å². The molecule has 33 heavy (non-hydrogen) atoms. The molecule has 0 saturated heterocycles. The van der Waals surface area contributed by atoms with Crippen molar-refractivity contribution >= 4 is 37.0 Å². The third-order valence-electron chi connectivity index (χ3n) is 4.93. The number of anilines is 2. The average molecular weight is 576 g/mol. The summed E-state index contributed by atoms with van der Waals surface area (Å²) in [5, 5.41) is 2.19. The molecule has 3 aromatic rings. The largest absolute Gasteiger partial charge is 0.398 e. The van der Waals surface area contributed by atoms with E-state index in [0.29, 0.717) is 10.3 Å². The van der Waals surface area contributed by atoms with Gasteiger partial charge in [-0.1, -0.05) is 104 Å². The van der Waals surface area contributed by atoms with E-state index in [1.54, 1.807) is 0 Å². The first kappa shape index (κ1) is 31.6. The molecule has 5 heteroatoms. The second kappa shape index (κ2) is 13.5. The van der Waals surface area contributed by atoms with E-state index in [4.69, 9.17) is 5.73 Å². The van der Waals surface area contributed by atoms with Gasteiger partial charge in [-0.2, -0.15) is 0 Å². The Morgan fingerprint density at radius 1 is 0.758 bits per heavy atom.